The highest BCUT2D eigenvalue weighted by Crippen LogP contribution is 2.33. The summed E-state index contributed by atoms with van der Waals surface area (Å²) in [4.78, 5) is 7.20. The average Bonchev–Trinajstić information content (AvgIpc) is 2.89. The second-order valence-corrected chi connectivity index (χ2v) is 12.3. The van der Waals surface area contributed by atoms with Crippen LogP contribution in [0.5, 0.6) is 5.75 Å². The van der Waals surface area contributed by atoms with Gasteiger partial charge in [-0.15, -0.1) is 3.89 Å². The number of hydrogen-bond donors (Lipinski definition) is 3. The summed E-state index contributed by atoms with van der Waals surface area (Å²) in [5.41, 5.74) is 14.3. The van der Waals surface area contributed by atoms with Crippen molar-refractivity contribution in [2.24, 2.45) is 0 Å². The Labute approximate surface area is 240 Å². The molecular weight excluding hydrogens is 604 g/mol. The lowest BCUT2D eigenvalue weighted by molar-refractivity contribution is 0.302. The summed E-state index contributed by atoms with van der Waals surface area (Å²) in [6.07, 6.45) is 0.320. The van der Waals surface area contributed by atoms with Crippen molar-refractivity contribution in [3.63, 3.8) is 0 Å². The SMILES string of the molecule is Nc1nc(N)c(-c2ccc(Cl)c(Cl)c2)c(COc2ccc(CCNS(=O)(=O)c3cccc(S(=O)(=O)F)c3)cc2)n1. The van der Waals surface area contributed by atoms with E-state index in [2.05, 4.69) is 14.7 Å². The van der Waals surface area contributed by atoms with Crippen molar-refractivity contribution < 1.29 is 25.5 Å². The summed E-state index contributed by atoms with van der Waals surface area (Å²) in [5.74, 6) is 0.639. The number of anilines is 2. The molecule has 0 amide bonds. The minimum absolute atomic E-state index is 0.0132. The Hall–Kier alpha value is -3.49. The standard InChI is InChI=1S/C25H22Cl2FN5O5S2/c26-20-9-6-16(12-21(20)27)23-22(32-25(30)33-24(23)29)14-38-17-7-4-15(5-8-17)10-11-31-40(36,37)19-3-1-2-18(13-19)39(28,34)35/h1-9,12-13,31H,10-11,14H2,(H4,29,30,32,33). The molecule has 1 heterocycles. The zero-order chi connectivity index (χ0) is 29.1. The highest BCUT2D eigenvalue weighted by molar-refractivity contribution is 7.89. The van der Waals surface area contributed by atoms with Gasteiger partial charge in [0.1, 0.15) is 18.2 Å². The molecule has 0 atom stereocenters. The number of nitrogens with zero attached hydrogens (tertiary/aromatic N) is 2. The van der Waals surface area contributed by atoms with E-state index in [1.807, 2.05) is 0 Å². The maximum Gasteiger partial charge on any atom is 0.332 e. The van der Waals surface area contributed by atoms with Crippen molar-refractivity contribution in [3.8, 4) is 16.9 Å². The Balaban J connectivity index is 1.40. The van der Waals surface area contributed by atoms with Gasteiger partial charge >= 0.3 is 10.2 Å². The first kappa shape index (κ1) is 29.5. The predicted octanol–water partition coefficient (Wildman–Crippen LogP) is 4.37. The number of halogens is 3. The summed E-state index contributed by atoms with van der Waals surface area (Å²) in [7, 11) is -9.09. The molecule has 4 aromatic rings. The first-order valence-electron chi connectivity index (χ1n) is 11.5. The second-order valence-electron chi connectivity index (χ2n) is 8.41. The quantitative estimate of drug-likeness (QED) is 0.217. The molecule has 40 heavy (non-hydrogen) atoms. The van der Waals surface area contributed by atoms with Crippen LogP contribution in [0.2, 0.25) is 10.0 Å². The molecule has 0 unspecified atom stereocenters. The smallest absolute Gasteiger partial charge is 0.332 e. The molecule has 0 aliphatic rings. The number of nitrogen functional groups attached to an aromatic ring is 2. The molecule has 210 valence electrons. The van der Waals surface area contributed by atoms with Crippen molar-refractivity contribution in [1.29, 1.82) is 0 Å². The minimum Gasteiger partial charge on any atom is -0.487 e. The van der Waals surface area contributed by atoms with Crippen molar-refractivity contribution in [1.82, 2.24) is 14.7 Å². The van der Waals surface area contributed by atoms with Crippen molar-refractivity contribution >= 4 is 55.2 Å². The minimum atomic E-state index is -5.03. The fourth-order valence-electron chi connectivity index (χ4n) is 3.73. The van der Waals surface area contributed by atoms with Crippen LogP contribution in [0, 0.1) is 0 Å². The Kier molecular flexibility index (Phi) is 8.80. The largest absolute Gasteiger partial charge is 0.487 e. The predicted molar refractivity (Wildman–Crippen MR) is 151 cm³/mol. The molecule has 3 aromatic carbocycles. The van der Waals surface area contributed by atoms with Gasteiger partial charge in [0.2, 0.25) is 16.0 Å². The van der Waals surface area contributed by atoms with Gasteiger partial charge in [-0.2, -0.15) is 13.4 Å². The van der Waals surface area contributed by atoms with Gasteiger partial charge in [0, 0.05) is 12.1 Å². The van der Waals surface area contributed by atoms with Gasteiger partial charge in [-0.25, -0.2) is 18.1 Å². The Bertz CT molecular complexity index is 1770. The molecule has 5 N–H and O–H groups in total. The number of hydrogen-bond acceptors (Lipinski definition) is 9. The molecular formula is C25H22Cl2FN5O5S2. The monoisotopic (exact) mass is 625 g/mol. The third kappa shape index (κ3) is 7.17. The summed E-state index contributed by atoms with van der Waals surface area (Å²) in [6, 6.07) is 16.0. The van der Waals surface area contributed by atoms with E-state index in [4.69, 9.17) is 39.4 Å². The first-order valence-corrected chi connectivity index (χ1v) is 15.1. The van der Waals surface area contributed by atoms with Crippen LogP contribution in [0.25, 0.3) is 11.1 Å². The van der Waals surface area contributed by atoms with Crippen LogP contribution >= 0.6 is 23.2 Å². The topological polar surface area (TPSA) is 167 Å². The highest BCUT2D eigenvalue weighted by Gasteiger charge is 2.19. The molecule has 0 fully saturated rings. The molecule has 4 rings (SSSR count). The van der Waals surface area contributed by atoms with Crippen molar-refractivity contribution in [2.45, 2.75) is 22.8 Å². The van der Waals surface area contributed by atoms with E-state index in [1.165, 1.54) is 6.07 Å². The van der Waals surface area contributed by atoms with Gasteiger partial charge in [0.15, 0.2) is 0 Å². The van der Waals surface area contributed by atoms with Gasteiger partial charge in [0.25, 0.3) is 0 Å². The van der Waals surface area contributed by atoms with Crippen LogP contribution in [0.1, 0.15) is 11.3 Å². The van der Waals surface area contributed by atoms with Crippen LogP contribution < -0.4 is 20.9 Å². The third-order valence-electron chi connectivity index (χ3n) is 5.64. The molecule has 10 nitrogen and oxygen atoms in total. The van der Waals surface area contributed by atoms with Crippen LogP contribution in [-0.4, -0.2) is 33.3 Å². The Morgan fingerprint density at radius 3 is 2.25 bits per heavy atom. The van der Waals surface area contributed by atoms with Crippen LogP contribution in [0.15, 0.2) is 76.5 Å². The number of nitrogens with two attached hydrogens (primary N) is 2. The van der Waals surface area contributed by atoms with Gasteiger partial charge in [-0.3, -0.25) is 0 Å². The molecule has 0 saturated heterocycles. The van der Waals surface area contributed by atoms with Gasteiger partial charge in [-0.05, 0) is 60.0 Å². The molecule has 0 aliphatic carbocycles. The van der Waals surface area contributed by atoms with E-state index in [1.54, 1.807) is 42.5 Å². The zero-order valence-electron chi connectivity index (χ0n) is 20.5. The molecule has 15 heteroatoms. The summed E-state index contributed by atoms with van der Waals surface area (Å²) in [6.45, 7) is 0.0287. The number of ether oxygens (including phenoxy) is 1. The number of aromatic nitrogens is 2. The Morgan fingerprint density at radius 1 is 0.875 bits per heavy atom. The number of rotatable bonds is 10. The third-order valence-corrected chi connectivity index (χ3v) is 8.65. The second kappa shape index (κ2) is 11.9. The van der Waals surface area contributed by atoms with Gasteiger partial charge in [-0.1, -0.05) is 47.5 Å². The van der Waals surface area contributed by atoms with E-state index in [0.717, 1.165) is 23.8 Å². The molecule has 0 radical (unpaired) electrons. The van der Waals surface area contributed by atoms with Gasteiger partial charge < -0.3 is 16.2 Å². The zero-order valence-corrected chi connectivity index (χ0v) is 23.7. The summed E-state index contributed by atoms with van der Waals surface area (Å²) < 4.78 is 68.6. The maximum absolute atomic E-state index is 13.2. The van der Waals surface area contributed by atoms with Gasteiger partial charge in [0.05, 0.1) is 25.5 Å². The highest BCUT2D eigenvalue weighted by atomic mass is 35.5. The van der Waals surface area contributed by atoms with Crippen molar-refractivity contribution in [3.05, 3.63) is 88.0 Å². The fraction of sp³-hybridized carbons (Fsp3) is 0.120. The first-order chi connectivity index (χ1) is 18.8. The number of benzene rings is 3. The lowest BCUT2D eigenvalue weighted by Crippen LogP contribution is -2.26. The number of nitrogens with one attached hydrogen (secondary N) is 1. The summed E-state index contributed by atoms with van der Waals surface area (Å²) >= 11 is 12.2. The molecule has 0 saturated carbocycles. The van der Waals surface area contributed by atoms with Crippen molar-refractivity contribution in [2.75, 3.05) is 18.0 Å². The normalized spacial score (nSPS) is 11.9. The molecule has 1 aromatic heterocycles. The van der Waals surface area contributed by atoms with E-state index in [-0.39, 0.29) is 29.8 Å². The lowest BCUT2D eigenvalue weighted by atomic mass is 10.0. The van der Waals surface area contributed by atoms with Crippen LogP contribution in [0.3, 0.4) is 0 Å². The summed E-state index contributed by atoms with van der Waals surface area (Å²) in [5, 5.41) is 0.717. The van der Waals surface area contributed by atoms with E-state index in [9.17, 15) is 20.7 Å². The molecule has 0 bridgehead atoms. The maximum atomic E-state index is 13.2. The molecule has 0 spiro atoms. The van der Waals surface area contributed by atoms with E-state index in [0.29, 0.717) is 39.0 Å². The number of sulfonamides is 1. The average molecular weight is 627 g/mol. The van der Waals surface area contributed by atoms with Crippen LogP contribution in [0.4, 0.5) is 15.7 Å². The Morgan fingerprint density at radius 2 is 1.57 bits per heavy atom. The van der Waals surface area contributed by atoms with E-state index >= 15 is 0 Å². The van der Waals surface area contributed by atoms with E-state index < -0.39 is 25.1 Å². The lowest BCUT2D eigenvalue weighted by Gasteiger charge is -2.14. The fourth-order valence-corrected chi connectivity index (χ4v) is 5.69. The molecule has 0 aliphatic heterocycles. The van der Waals surface area contributed by atoms with Crippen LogP contribution in [-0.2, 0) is 33.3 Å².